The lowest BCUT2D eigenvalue weighted by Gasteiger charge is -2.19. The van der Waals surface area contributed by atoms with Crippen molar-refractivity contribution in [3.05, 3.63) is 82.4 Å². The molecule has 0 radical (unpaired) electrons. The van der Waals surface area contributed by atoms with E-state index in [1.54, 1.807) is 6.07 Å². The monoisotopic (exact) mass is 443 g/mol. The maximum absolute atomic E-state index is 14.7. The third-order valence-electron chi connectivity index (χ3n) is 5.76. The number of fused-ring (bicyclic) bond motifs is 1. The van der Waals surface area contributed by atoms with Crippen molar-refractivity contribution in [3.8, 4) is 5.69 Å². The van der Waals surface area contributed by atoms with Gasteiger partial charge in [-0.2, -0.15) is 5.10 Å². The number of hydrogen-bond acceptors (Lipinski definition) is 3. The second-order valence-electron chi connectivity index (χ2n) is 7.98. The maximum atomic E-state index is 14.7. The summed E-state index contributed by atoms with van der Waals surface area (Å²) in [6.07, 6.45) is 3.55. The molecule has 0 bridgehead atoms. The van der Waals surface area contributed by atoms with Crippen LogP contribution in [0.5, 0.6) is 0 Å². The number of carbonyl (C=O) groups is 1. The zero-order chi connectivity index (χ0) is 22.7. The van der Waals surface area contributed by atoms with Crippen molar-refractivity contribution in [1.29, 1.82) is 0 Å². The minimum Gasteiger partial charge on any atom is -0.395 e. The fourth-order valence-corrected chi connectivity index (χ4v) is 4.38. The Hall–Kier alpha value is -3.13. The molecule has 1 aliphatic rings. The summed E-state index contributed by atoms with van der Waals surface area (Å²) in [5.41, 5.74) is 2.41. The molecule has 1 heterocycles. The molecule has 1 atom stereocenters. The summed E-state index contributed by atoms with van der Waals surface area (Å²) in [5, 5.41) is 16.1. The van der Waals surface area contributed by atoms with Crippen molar-refractivity contribution in [2.75, 3.05) is 13.2 Å². The summed E-state index contributed by atoms with van der Waals surface area (Å²) in [6, 6.07) is 9.57. The fraction of sp³-hybridized carbons (Fsp3) is 0.333. The predicted octanol–water partition coefficient (Wildman–Crippen LogP) is 4.06. The lowest BCUT2D eigenvalue weighted by Crippen LogP contribution is -2.27. The first kappa shape index (κ1) is 22.1. The second kappa shape index (κ2) is 9.56. The average molecular weight is 443 g/mol. The molecule has 0 spiro atoms. The summed E-state index contributed by atoms with van der Waals surface area (Å²) in [5.74, 6) is -2.42. The number of carbonyl (C=O) groups excluding carboxylic acids is 1. The molecule has 1 unspecified atom stereocenters. The van der Waals surface area contributed by atoms with Gasteiger partial charge in [0.05, 0.1) is 12.3 Å². The molecule has 5 nitrogen and oxygen atoms in total. The van der Waals surface area contributed by atoms with E-state index in [4.69, 9.17) is 5.11 Å². The van der Waals surface area contributed by atoms with Gasteiger partial charge < -0.3 is 10.4 Å². The molecule has 0 saturated heterocycles. The van der Waals surface area contributed by atoms with Gasteiger partial charge in [-0.05, 0) is 55.5 Å². The number of halogens is 3. The van der Waals surface area contributed by atoms with Crippen LogP contribution in [0.25, 0.3) is 5.69 Å². The van der Waals surface area contributed by atoms with Gasteiger partial charge in [0.15, 0.2) is 11.5 Å². The van der Waals surface area contributed by atoms with E-state index >= 15 is 0 Å². The van der Waals surface area contributed by atoms with Crippen molar-refractivity contribution < 1.29 is 23.1 Å². The Labute approximate surface area is 183 Å². The highest BCUT2D eigenvalue weighted by Gasteiger charge is 2.31. The van der Waals surface area contributed by atoms with E-state index < -0.39 is 17.5 Å². The Morgan fingerprint density at radius 2 is 1.94 bits per heavy atom. The van der Waals surface area contributed by atoms with Crippen LogP contribution in [0, 0.1) is 17.5 Å². The van der Waals surface area contributed by atoms with Crippen LogP contribution in [0.1, 0.15) is 52.5 Å². The van der Waals surface area contributed by atoms with Crippen molar-refractivity contribution in [1.82, 2.24) is 15.1 Å². The van der Waals surface area contributed by atoms with E-state index in [1.807, 2.05) is 6.07 Å². The first-order valence-corrected chi connectivity index (χ1v) is 10.7. The third kappa shape index (κ3) is 4.55. The molecular formula is C24H24F3N3O2. The van der Waals surface area contributed by atoms with E-state index in [0.29, 0.717) is 24.1 Å². The van der Waals surface area contributed by atoms with Crippen LogP contribution in [-0.4, -0.2) is 33.9 Å². The molecule has 1 aliphatic carbocycles. The molecule has 8 heteroatoms. The number of aliphatic hydroxyl groups excluding tert-OH is 1. The Morgan fingerprint density at radius 1 is 1.12 bits per heavy atom. The molecule has 1 aromatic heterocycles. The lowest BCUT2D eigenvalue weighted by molar-refractivity contribution is 0.0938. The van der Waals surface area contributed by atoms with Crippen LogP contribution in [0.3, 0.4) is 0 Å². The molecule has 0 aliphatic heterocycles. The number of aliphatic hydroxyl groups is 1. The van der Waals surface area contributed by atoms with Crippen LogP contribution in [0.4, 0.5) is 13.2 Å². The van der Waals surface area contributed by atoms with Crippen molar-refractivity contribution >= 4 is 5.91 Å². The number of nitrogens with one attached hydrogen (secondary N) is 1. The molecule has 3 aromatic rings. The molecule has 0 fully saturated rings. The van der Waals surface area contributed by atoms with Gasteiger partial charge in [-0.3, -0.25) is 4.79 Å². The van der Waals surface area contributed by atoms with Crippen molar-refractivity contribution in [2.45, 2.75) is 38.0 Å². The van der Waals surface area contributed by atoms with Crippen LogP contribution < -0.4 is 5.32 Å². The van der Waals surface area contributed by atoms with Crippen LogP contribution in [-0.2, 0) is 12.8 Å². The van der Waals surface area contributed by atoms with E-state index in [1.165, 1.54) is 22.9 Å². The van der Waals surface area contributed by atoms with Gasteiger partial charge in [0.2, 0.25) is 0 Å². The smallest absolute Gasteiger partial charge is 0.272 e. The van der Waals surface area contributed by atoms with Gasteiger partial charge >= 0.3 is 0 Å². The number of rotatable bonds is 6. The number of amides is 1. The van der Waals surface area contributed by atoms with Crippen LogP contribution >= 0.6 is 0 Å². The zero-order valence-corrected chi connectivity index (χ0v) is 17.5. The Bertz CT molecular complexity index is 1130. The molecule has 168 valence electrons. The summed E-state index contributed by atoms with van der Waals surface area (Å²) in [4.78, 5) is 12.8. The highest BCUT2D eigenvalue weighted by molar-refractivity contribution is 5.94. The Morgan fingerprint density at radius 3 is 2.69 bits per heavy atom. The first-order valence-electron chi connectivity index (χ1n) is 10.7. The number of hydrogen-bond donors (Lipinski definition) is 2. The quantitative estimate of drug-likeness (QED) is 0.565. The number of nitrogens with zero attached hydrogens (tertiary/aromatic N) is 2. The summed E-state index contributed by atoms with van der Waals surface area (Å²) >= 11 is 0. The molecular weight excluding hydrogens is 419 g/mol. The summed E-state index contributed by atoms with van der Waals surface area (Å²) in [7, 11) is 0. The second-order valence-corrected chi connectivity index (χ2v) is 7.98. The van der Waals surface area contributed by atoms with E-state index in [0.717, 1.165) is 37.0 Å². The molecule has 32 heavy (non-hydrogen) atoms. The van der Waals surface area contributed by atoms with Gasteiger partial charge in [-0.1, -0.05) is 18.6 Å². The fourth-order valence-electron chi connectivity index (χ4n) is 4.38. The maximum Gasteiger partial charge on any atom is 0.272 e. The SMILES string of the molecule is O=C(NCCO)c1nn(-c2ccc(F)cc2F)c2c1CCCCC2Cc1cccc(F)c1. The summed E-state index contributed by atoms with van der Waals surface area (Å²) < 4.78 is 43.5. The van der Waals surface area contributed by atoms with Gasteiger partial charge in [0.25, 0.3) is 5.91 Å². The average Bonchev–Trinajstić information content (AvgIpc) is 3.01. The van der Waals surface area contributed by atoms with Gasteiger partial charge in [0.1, 0.15) is 17.3 Å². The lowest BCUT2D eigenvalue weighted by atomic mass is 9.90. The first-order chi connectivity index (χ1) is 15.5. The minimum absolute atomic E-state index is 0.0509. The van der Waals surface area contributed by atoms with Crippen LogP contribution in [0.15, 0.2) is 42.5 Å². The number of aromatic nitrogens is 2. The molecule has 0 saturated carbocycles. The highest BCUT2D eigenvalue weighted by atomic mass is 19.1. The minimum atomic E-state index is -0.786. The van der Waals surface area contributed by atoms with Gasteiger partial charge in [-0.15, -0.1) is 0 Å². The number of benzene rings is 2. The summed E-state index contributed by atoms with van der Waals surface area (Å²) in [6.45, 7) is -0.151. The largest absolute Gasteiger partial charge is 0.395 e. The van der Waals surface area contributed by atoms with Gasteiger partial charge in [0, 0.05) is 24.1 Å². The third-order valence-corrected chi connectivity index (χ3v) is 5.76. The van der Waals surface area contributed by atoms with Crippen LogP contribution in [0.2, 0.25) is 0 Å². The molecule has 1 amide bonds. The molecule has 4 rings (SSSR count). The zero-order valence-electron chi connectivity index (χ0n) is 17.5. The van der Waals surface area contributed by atoms with Crippen molar-refractivity contribution in [3.63, 3.8) is 0 Å². The normalized spacial score (nSPS) is 15.8. The Kier molecular flexibility index (Phi) is 6.60. The van der Waals surface area contributed by atoms with E-state index in [2.05, 4.69) is 10.4 Å². The van der Waals surface area contributed by atoms with E-state index in [-0.39, 0.29) is 36.3 Å². The topological polar surface area (TPSA) is 67.2 Å². The molecule has 2 N–H and O–H groups in total. The highest BCUT2D eigenvalue weighted by Crippen LogP contribution is 2.37. The van der Waals surface area contributed by atoms with Gasteiger partial charge in [-0.25, -0.2) is 17.9 Å². The standard InChI is InChI=1S/C24H24F3N3O2/c25-17-6-3-4-15(13-17)12-16-5-1-2-7-19-22(24(32)28-10-11-31)29-30(23(16)19)21-9-8-18(26)14-20(21)27/h3-4,6,8-9,13-14,16,31H,1-2,5,7,10-12H2,(H,28,32). The predicted molar refractivity (Wildman–Crippen MR) is 113 cm³/mol. The Balaban J connectivity index is 1.85. The van der Waals surface area contributed by atoms with E-state index in [9.17, 15) is 18.0 Å². The molecule has 2 aromatic carbocycles. The van der Waals surface area contributed by atoms with Crippen molar-refractivity contribution in [2.24, 2.45) is 0 Å².